The predicted molar refractivity (Wildman–Crippen MR) is 83.8 cm³/mol. The number of aliphatic hydroxyl groups is 1. The van der Waals surface area contributed by atoms with Gasteiger partial charge >= 0.3 is 11.1 Å². The van der Waals surface area contributed by atoms with Crippen LogP contribution in [0.1, 0.15) is 6.42 Å². The number of fused-ring (bicyclic) bond motifs is 1. The van der Waals surface area contributed by atoms with E-state index in [-0.39, 0.29) is 6.61 Å². The molecule has 112 valence electrons. The highest BCUT2D eigenvalue weighted by atomic mass is 16.3. The highest BCUT2D eigenvalue weighted by molar-refractivity contribution is 5.81. The average molecular weight is 297 g/mol. The smallest absolute Gasteiger partial charge is 0.316 e. The van der Waals surface area contributed by atoms with E-state index in [4.69, 9.17) is 5.11 Å². The molecule has 0 saturated heterocycles. The van der Waals surface area contributed by atoms with Crippen LogP contribution in [-0.4, -0.2) is 26.2 Å². The molecule has 0 aliphatic rings. The number of aromatic nitrogens is 3. The van der Waals surface area contributed by atoms with E-state index in [9.17, 15) is 9.59 Å². The first-order valence-corrected chi connectivity index (χ1v) is 6.99. The fourth-order valence-corrected chi connectivity index (χ4v) is 2.43. The predicted octanol–water partition coefficient (Wildman–Crippen LogP) is 1.13. The van der Waals surface area contributed by atoms with Crippen molar-refractivity contribution in [1.29, 1.82) is 0 Å². The van der Waals surface area contributed by atoms with E-state index in [2.05, 4.69) is 9.97 Å². The van der Waals surface area contributed by atoms with Gasteiger partial charge < -0.3 is 14.7 Å². The molecule has 0 atom stereocenters. The third-order valence-corrected chi connectivity index (χ3v) is 3.51. The van der Waals surface area contributed by atoms with E-state index in [1.807, 2.05) is 24.3 Å². The van der Waals surface area contributed by atoms with Crippen LogP contribution in [-0.2, 0) is 6.54 Å². The van der Waals surface area contributed by atoms with Gasteiger partial charge in [-0.15, -0.1) is 0 Å². The van der Waals surface area contributed by atoms with Gasteiger partial charge in [-0.3, -0.25) is 14.6 Å². The summed E-state index contributed by atoms with van der Waals surface area (Å²) in [6.45, 7) is 0.259. The van der Waals surface area contributed by atoms with E-state index in [0.29, 0.717) is 24.0 Å². The summed E-state index contributed by atoms with van der Waals surface area (Å²) in [6, 6.07) is 9.26. The second kappa shape index (κ2) is 5.95. The summed E-state index contributed by atoms with van der Waals surface area (Å²) in [7, 11) is 0. The molecule has 0 aliphatic carbocycles. The van der Waals surface area contributed by atoms with Gasteiger partial charge in [0.2, 0.25) is 0 Å². The van der Waals surface area contributed by atoms with Crippen molar-refractivity contribution in [2.24, 2.45) is 0 Å². The number of H-pyrrole nitrogens is 1. The lowest BCUT2D eigenvalue weighted by atomic mass is 10.1. The molecule has 1 aromatic carbocycles. The second-order valence-corrected chi connectivity index (χ2v) is 4.96. The lowest BCUT2D eigenvalue weighted by Gasteiger charge is -2.10. The number of rotatable bonds is 4. The lowest BCUT2D eigenvalue weighted by Crippen LogP contribution is -2.36. The van der Waals surface area contributed by atoms with E-state index in [1.165, 1.54) is 4.57 Å². The largest absolute Gasteiger partial charge is 0.396 e. The van der Waals surface area contributed by atoms with E-state index < -0.39 is 11.1 Å². The Bertz CT molecular complexity index is 913. The van der Waals surface area contributed by atoms with Crippen LogP contribution in [0.15, 0.2) is 52.3 Å². The SMILES string of the molecule is O=c1[nH]c2ccc(-c3cccnc3)cc2n(CCCO)c1=O. The van der Waals surface area contributed by atoms with Gasteiger partial charge in [-0.05, 0) is 30.2 Å². The van der Waals surface area contributed by atoms with Gasteiger partial charge in [-0.25, -0.2) is 0 Å². The van der Waals surface area contributed by atoms with Gasteiger partial charge in [0.1, 0.15) is 0 Å². The van der Waals surface area contributed by atoms with E-state index in [0.717, 1.165) is 11.1 Å². The van der Waals surface area contributed by atoms with Crippen molar-refractivity contribution >= 4 is 11.0 Å². The molecule has 3 aromatic rings. The van der Waals surface area contributed by atoms with Crippen LogP contribution in [0.3, 0.4) is 0 Å². The second-order valence-electron chi connectivity index (χ2n) is 4.96. The first-order valence-electron chi connectivity index (χ1n) is 6.99. The lowest BCUT2D eigenvalue weighted by molar-refractivity contribution is 0.280. The first-order chi connectivity index (χ1) is 10.7. The van der Waals surface area contributed by atoms with Gasteiger partial charge in [-0.2, -0.15) is 0 Å². The molecule has 6 heteroatoms. The van der Waals surface area contributed by atoms with Crippen molar-refractivity contribution in [3.8, 4) is 11.1 Å². The minimum atomic E-state index is -0.653. The third-order valence-electron chi connectivity index (χ3n) is 3.51. The summed E-state index contributed by atoms with van der Waals surface area (Å²) in [5.41, 5.74) is 1.81. The van der Waals surface area contributed by atoms with Crippen molar-refractivity contribution in [3.63, 3.8) is 0 Å². The Morgan fingerprint density at radius 2 is 2.05 bits per heavy atom. The minimum absolute atomic E-state index is 0.0387. The fourth-order valence-electron chi connectivity index (χ4n) is 2.43. The molecule has 0 aliphatic heterocycles. The van der Waals surface area contributed by atoms with Crippen LogP contribution in [0.4, 0.5) is 0 Å². The van der Waals surface area contributed by atoms with E-state index in [1.54, 1.807) is 18.5 Å². The number of aromatic amines is 1. The molecule has 2 aromatic heterocycles. The van der Waals surface area contributed by atoms with Crippen LogP contribution in [0.2, 0.25) is 0 Å². The van der Waals surface area contributed by atoms with Crippen LogP contribution >= 0.6 is 0 Å². The number of aliphatic hydroxyl groups excluding tert-OH is 1. The molecule has 6 nitrogen and oxygen atoms in total. The van der Waals surface area contributed by atoms with Gasteiger partial charge in [-0.1, -0.05) is 12.1 Å². The maximum absolute atomic E-state index is 12.1. The number of aryl methyl sites for hydroxylation is 1. The highest BCUT2D eigenvalue weighted by Crippen LogP contribution is 2.21. The maximum atomic E-state index is 12.1. The summed E-state index contributed by atoms with van der Waals surface area (Å²) < 4.78 is 1.41. The summed E-state index contributed by atoms with van der Waals surface area (Å²) in [6.07, 6.45) is 3.85. The first kappa shape index (κ1) is 14.2. The molecule has 0 spiro atoms. The highest BCUT2D eigenvalue weighted by Gasteiger charge is 2.09. The zero-order valence-electron chi connectivity index (χ0n) is 11.8. The summed E-state index contributed by atoms with van der Waals surface area (Å²) in [5.74, 6) is 0. The topological polar surface area (TPSA) is 88.0 Å². The number of hydrogen-bond acceptors (Lipinski definition) is 4. The minimum Gasteiger partial charge on any atom is -0.396 e. The zero-order chi connectivity index (χ0) is 15.5. The summed E-state index contributed by atoms with van der Waals surface area (Å²) in [5, 5.41) is 8.98. The Morgan fingerprint density at radius 1 is 1.18 bits per heavy atom. The Morgan fingerprint density at radius 3 is 2.77 bits per heavy atom. The molecule has 2 N–H and O–H groups in total. The summed E-state index contributed by atoms with van der Waals surface area (Å²) >= 11 is 0. The van der Waals surface area contributed by atoms with E-state index >= 15 is 0 Å². The Hall–Kier alpha value is -2.73. The third kappa shape index (κ3) is 2.56. The Balaban J connectivity index is 2.24. The Labute approximate surface area is 125 Å². The van der Waals surface area contributed by atoms with Crippen LogP contribution in [0, 0.1) is 0 Å². The van der Waals surface area contributed by atoms with Crippen molar-refractivity contribution in [1.82, 2.24) is 14.5 Å². The molecule has 0 amide bonds. The van der Waals surface area contributed by atoms with Crippen molar-refractivity contribution in [2.45, 2.75) is 13.0 Å². The number of nitrogens with zero attached hydrogens (tertiary/aromatic N) is 2. The van der Waals surface area contributed by atoms with Gasteiger partial charge in [0.15, 0.2) is 0 Å². The van der Waals surface area contributed by atoms with Gasteiger partial charge in [0.05, 0.1) is 11.0 Å². The normalized spacial score (nSPS) is 11.0. The number of pyridine rings is 1. The molecule has 0 unspecified atom stereocenters. The van der Waals surface area contributed by atoms with Crippen LogP contribution in [0.25, 0.3) is 22.2 Å². The molecule has 3 rings (SSSR count). The van der Waals surface area contributed by atoms with Gasteiger partial charge in [0, 0.05) is 31.1 Å². The molecular weight excluding hydrogens is 282 g/mol. The zero-order valence-corrected chi connectivity index (χ0v) is 11.8. The number of hydrogen-bond donors (Lipinski definition) is 2. The quantitative estimate of drug-likeness (QED) is 0.707. The fraction of sp³-hybridized carbons (Fsp3) is 0.188. The standard InChI is InChI=1S/C16H15N3O3/c20-8-2-7-19-14-9-11(12-3-1-6-17-10-12)4-5-13(14)18-15(21)16(19)22/h1,3-6,9-10,20H,2,7-8H2,(H,18,21). The van der Waals surface area contributed by atoms with Crippen LogP contribution < -0.4 is 11.1 Å². The molecule has 0 radical (unpaired) electrons. The molecular formula is C16H15N3O3. The maximum Gasteiger partial charge on any atom is 0.316 e. The molecule has 0 fully saturated rings. The van der Waals surface area contributed by atoms with Crippen molar-refractivity contribution in [2.75, 3.05) is 6.61 Å². The Kier molecular flexibility index (Phi) is 3.84. The number of nitrogens with one attached hydrogen (secondary N) is 1. The average Bonchev–Trinajstić information content (AvgIpc) is 2.56. The van der Waals surface area contributed by atoms with Crippen molar-refractivity contribution < 1.29 is 5.11 Å². The van der Waals surface area contributed by atoms with Crippen LogP contribution in [0.5, 0.6) is 0 Å². The molecule has 22 heavy (non-hydrogen) atoms. The molecule has 2 heterocycles. The van der Waals surface area contributed by atoms with Gasteiger partial charge in [0.25, 0.3) is 0 Å². The van der Waals surface area contributed by atoms with Crippen molar-refractivity contribution in [3.05, 3.63) is 63.4 Å². The number of benzene rings is 1. The summed E-state index contributed by atoms with van der Waals surface area (Å²) in [4.78, 5) is 30.4. The monoisotopic (exact) mass is 297 g/mol. The molecule has 0 saturated carbocycles. The molecule has 0 bridgehead atoms.